The lowest BCUT2D eigenvalue weighted by atomic mass is 9.90. The van der Waals surface area contributed by atoms with E-state index in [-0.39, 0.29) is 18.0 Å². The highest BCUT2D eigenvalue weighted by atomic mass is 32.2. The Labute approximate surface area is 130 Å². The van der Waals surface area contributed by atoms with Crippen molar-refractivity contribution in [2.24, 2.45) is 0 Å². The van der Waals surface area contributed by atoms with Gasteiger partial charge in [0.05, 0.1) is 4.90 Å². The average Bonchev–Trinajstić information content (AvgIpc) is 2.60. The van der Waals surface area contributed by atoms with Gasteiger partial charge in [0.25, 0.3) is 0 Å². The van der Waals surface area contributed by atoms with Gasteiger partial charge in [0.1, 0.15) is 0 Å². The van der Waals surface area contributed by atoms with Crippen LogP contribution in [-0.4, -0.2) is 39.1 Å². The maximum atomic E-state index is 12.2. The summed E-state index contributed by atoms with van der Waals surface area (Å²) in [4.78, 5) is 0.756. The molecular formula is C15H23NO2S. The first-order valence-corrected chi connectivity index (χ1v) is 7.51. The van der Waals surface area contributed by atoms with Gasteiger partial charge < -0.3 is 4.90 Å². The molecule has 0 amide bonds. The third-order valence-electron chi connectivity index (χ3n) is 3.28. The van der Waals surface area contributed by atoms with Crippen LogP contribution in [-0.2, 0) is 9.84 Å². The van der Waals surface area contributed by atoms with E-state index in [1.165, 1.54) is 18.2 Å². The van der Waals surface area contributed by atoms with Crippen LogP contribution >= 0.6 is 0 Å². The molecule has 1 heterocycles. The fraction of sp³-hybridized carbons (Fsp3) is 0.600. The lowest BCUT2D eigenvalue weighted by molar-refractivity contribution is 0.208. The molecule has 1 aromatic carbocycles. The van der Waals surface area contributed by atoms with Crippen molar-refractivity contribution in [1.82, 2.24) is 4.90 Å². The van der Waals surface area contributed by atoms with Crippen molar-refractivity contribution in [2.45, 2.75) is 36.9 Å². The van der Waals surface area contributed by atoms with Crippen LogP contribution in [0.3, 0.4) is 0 Å². The second kappa shape index (κ2) is 6.06. The highest BCUT2D eigenvalue weighted by Gasteiger charge is 2.21. The Bertz CT molecular complexity index is 847. The van der Waals surface area contributed by atoms with Gasteiger partial charge in [-0.25, -0.2) is 8.42 Å². The van der Waals surface area contributed by atoms with Gasteiger partial charge in [-0.15, -0.1) is 0 Å². The van der Waals surface area contributed by atoms with E-state index >= 15 is 0 Å². The first-order valence-electron chi connectivity index (χ1n) is 11.0. The van der Waals surface area contributed by atoms with Gasteiger partial charge in [0.2, 0.25) is 0 Å². The Morgan fingerprint density at radius 2 is 2.42 bits per heavy atom. The monoisotopic (exact) mass is 291 g/mol. The molecule has 1 aliphatic heterocycles. The first kappa shape index (κ1) is 6.27. The summed E-state index contributed by atoms with van der Waals surface area (Å²) in [6.45, 7) is -5.83. The summed E-state index contributed by atoms with van der Waals surface area (Å²) in [6, 6.07) is 5.42. The Morgan fingerprint density at radius 1 is 1.53 bits per heavy atom. The smallest absolute Gasteiger partial charge is 0.175 e. The molecule has 0 aliphatic carbocycles. The molecule has 3 nitrogen and oxygen atoms in total. The summed E-state index contributed by atoms with van der Waals surface area (Å²) in [5.74, 6) is -0.405. The molecule has 1 fully saturated rings. The summed E-state index contributed by atoms with van der Waals surface area (Å²) in [5, 5.41) is 0. The largest absolute Gasteiger partial charge is 0.303 e. The molecule has 0 unspecified atom stereocenters. The summed E-state index contributed by atoms with van der Waals surface area (Å²) in [5.41, 5.74) is 0.477. The number of hydrogen-bond donors (Lipinski definition) is 0. The fourth-order valence-corrected chi connectivity index (χ4v) is 2.91. The number of piperidine rings is 1. The van der Waals surface area contributed by atoms with E-state index in [1.54, 1.807) is 6.07 Å². The van der Waals surface area contributed by atoms with Gasteiger partial charge in [0, 0.05) is 26.4 Å². The molecular weight excluding hydrogens is 258 g/mol. The number of benzene rings is 1. The van der Waals surface area contributed by atoms with Gasteiger partial charge in [0.15, 0.2) is 9.84 Å². The fourth-order valence-electron chi connectivity index (χ4n) is 2.37. The van der Waals surface area contributed by atoms with Crippen molar-refractivity contribution < 1.29 is 22.1 Å². The van der Waals surface area contributed by atoms with E-state index in [9.17, 15) is 8.42 Å². The molecule has 1 saturated heterocycles. The third kappa shape index (κ3) is 3.80. The Hall–Kier alpha value is -0.870. The van der Waals surface area contributed by atoms with Gasteiger partial charge in [-0.05, 0) is 55.9 Å². The molecule has 4 heteroatoms. The van der Waals surface area contributed by atoms with Gasteiger partial charge in [-0.2, -0.15) is 0 Å². The van der Waals surface area contributed by atoms with E-state index in [4.69, 9.17) is 13.7 Å². The average molecular weight is 291 g/mol. The molecule has 0 N–H and O–H groups in total. The quantitative estimate of drug-likeness (QED) is 0.856. The molecule has 1 aliphatic rings. The maximum absolute atomic E-state index is 12.2. The Balaban J connectivity index is 2.34. The van der Waals surface area contributed by atoms with Crippen LogP contribution in [0, 0.1) is 0 Å². The van der Waals surface area contributed by atoms with Gasteiger partial charge in [-0.1, -0.05) is 19.0 Å². The molecule has 1 atom stereocenters. The predicted octanol–water partition coefficient (Wildman–Crippen LogP) is 2.68. The van der Waals surface area contributed by atoms with Crippen molar-refractivity contribution >= 4 is 9.84 Å². The van der Waals surface area contributed by atoms with Crippen molar-refractivity contribution in [3.63, 3.8) is 0 Å². The molecule has 0 radical (unpaired) electrons. The minimum Gasteiger partial charge on any atom is -0.303 e. The minimum atomic E-state index is -4.54. The van der Waals surface area contributed by atoms with Crippen molar-refractivity contribution in [3.8, 4) is 0 Å². The highest BCUT2D eigenvalue weighted by Crippen LogP contribution is 2.28. The van der Waals surface area contributed by atoms with Crippen molar-refractivity contribution in [2.75, 3.05) is 25.8 Å². The van der Waals surface area contributed by atoms with E-state index in [0.717, 1.165) is 4.90 Å². The number of sulfone groups is 1. The second-order valence-electron chi connectivity index (χ2n) is 4.60. The first-order chi connectivity index (χ1) is 12.9. The lowest BCUT2D eigenvalue weighted by Gasteiger charge is -2.32. The van der Waals surface area contributed by atoms with Gasteiger partial charge >= 0.3 is 0 Å². The standard InChI is InChI=1S/C15H23NO2S/c1-3-9-16-10-5-7-14(12-16)13-6-4-8-15(11-13)19(2,17)18/h4,6,8,11,14H,3,5,7,9-10,12H2,1-2H3/t14-/m0/s1/i1D3,2D3,3D2,9D2. The summed E-state index contributed by atoms with van der Waals surface area (Å²) in [6.07, 6.45) is -5.34. The minimum absolute atomic E-state index is 0.0279. The normalized spacial score (nSPS) is 32.1. The van der Waals surface area contributed by atoms with Crippen LogP contribution in [0.4, 0.5) is 0 Å². The third-order valence-corrected chi connectivity index (χ3v) is 4.15. The zero-order valence-corrected chi connectivity index (χ0v) is 11.2. The maximum Gasteiger partial charge on any atom is 0.175 e. The molecule has 106 valence electrons. The summed E-state index contributed by atoms with van der Waals surface area (Å²) >= 11 is 0. The van der Waals surface area contributed by atoms with E-state index < -0.39 is 41.7 Å². The Kier molecular flexibility index (Phi) is 2.00. The second-order valence-corrected chi connectivity index (χ2v) is 6.08. The molecule has 0 saturated carbocycles. The number of likely N-dealkylation sites (tertiary alicyclic amines) is 1. The zero-order valence-electron chi connectivity index (χ0n) is 20.4. The van der Waals surface area contributed by atoms with Crippen molar-refractivity contribution in [1.29, 1.82) is 0 Å². The number of nitrogens with zero attached hydrogens (tertiary/aromatic N) is 1. The van der Waals surface area contributed by atoms with Crippen molar-refractivity contribution in [3.05, 3.63) is 29.8 Å². The van der Waals surface area contributed by atoms with Crippen LogP contribution < -0.4 is 0 Å². The number of hydrogen-bond acceptors (Lipinski definition) is 3. The predicted molar refractivity (Wildman–Crippen MR) is 78.3 cm³/mol. The van der Waals surface area contributed by atoms with Gasteiger partial charge in [-0.3, -0.25) is 0 Å². The molecule has 0 spiro atoms. The topological polar surface area (TPSA) is 37.4 Å². The van der Waals surface area contributed by atoms with Crippen LogP contribution in [0.1, 0.15) is 51.3 Å². The molecule has 2 rings (SSSR count). The van der Waals surface area contributed by atoms with Crippen LogP contribution in [0.15, 0.2) is 29.2 Å². The summed E-state index contributed by atoms with van der Waals surface area (Å²) in [7, 11) is -4.54. The molecule has 0 bridgehead atoms. The summed E-state index contributed by atoms with van der Waals surface area (Å²) < 4.78 is 100. The SMILES string of the molecule is [2H]C([2H])([2H])C([2H])([2H])C([2H])([2H])N1CCC[C@H](c2cccc(S(=O)(=O)C([2H])([2H])[2H])c2)C1. The van der Waals surface area contributed by atoms with E-state index in [0.29, 0.717) is 18.4 Å². The van der Waals surface area contributed by atoms with E-state index in [2.05, 4.69) is 0 Å². The lowest BCUT2D eigenvalue weighted by Crippen LogP contribution is -2.34. The van der Waals surface area contributed by atoms with Crippen LogP contribution in [0.25, 0.3) is 0 Å². The Morgan fingerprint density at radius 3 is 3.21 bits per heavy atom. The van der Waals surface area contributed by atoms with E-state index in [1.807, 2.05) is 0 Å². The van der Waals surface area contributed by atoms with Crippen LogP contribution in [0.5, 0.6) is 0 Å². The highest BCUT2D eigenvalue weighted by molar-refractivity contribution is 7.90. The number of rotatable bonds is 4. The zero-order chi connectivity index (χ0) is 22.5. The van der Waals surface area contributed by atoms with Crippen LogP contribution in [0.2, 0.25) is 0 Å². The molecule has 1 aromatic rings. The molecule has 0 aromatic heterocycles. The molecule has 19 heavy (non-hydrogen) atoms.